The Balaban J connectivity index is 1.21. The summed E-state index contributed by atoms with van der Waals surface area (Å²) in [5.41, 5.74) is 3.80. The molecule has 1 amide bonds. The van der Waals surface area contributed by atoms with E-state index in [2.05, 4.69) is 4.90 Å². The first-order valence-electron chi connectivity index (χ1n) is 11.9. The molecule has 2 aromatic carbocycles. The van der Waals surface area contributed by atoms with E-state index in [-0.39, 0.29) is 28.8 Å². The summed E-state index contributed by atoms with van der Waals surface area (Å²) in [6.07, 6.45) is 2.70. The molecule has 9 heteroatoms. The number of anilines is 1. The van der Waals surface area contributed by atoms with E-state index in [1.165, 1.54) is 6.26 Å². The first-order chi connectivity index (χ1) is 16.6. The number of hydrogen-bond acceptors (Lipinski definition) is 7. The van der Waals surface area contributed by atoms with Crippen molar-refractivity contribution in [3.8, 4) is 0 Å². The molecule has 1 N–H and O–H groups in total. The normalized spacial score (nSPS) is 20.8. The topological polar surface area (TPSA) is 104 Å². The average Bonchev–Trinajstić information content (AvgIpc) is 3.35. The van der Waals surface area contributed by atoms with Crippen LogP contribution in [0.1, 0.15) is 52.4 Å². The number of aliphatic hydroxyl groups excluding tert-OH is 1. The van der Waals surface area contributed by atoms with Crippen LogP contribution in [0.15, 0.2) is 41.3 Å². The molecule has 186 valence electrons. The van der Waals surface area contributed by atoms with Crippen molar-refractivity contribution in [2.24, 2.45) is 5.41 Å². The van der Waals surface area contributed by atoms with Crippen LogP contribution in [0, 0.1) is 12.3 Å². The summed E-state index contributed by atoms with van der Waals surface area (Å²) < 4.78 is 28.6. The highest BCUT2D eigenvalue weighted by Crippen LogP contribution is 2.43. The molecular formula is C26H30N2O6S. The molecule has 0 radical (unpaired) electrons. The summed E-state index contributed by atoms with van der Waals surface area (Å²) in [4.78, 5) is 28.9. The number of carbonyl (C=O) groups is 2. The minimum absolute atomic E-state index is 0.0659. The van der Waals surface area contributed by atoms with E-state index in [9.17, 15) is 23.1 Å². The zero-order chi connectivity index (χ0) is 25.0. The van der Waals surface area contributed by atoms with Gasteiger partial charge in [0.05, 0.1) is 16.6 Å². The van der Waals surface area contributed by atoms with E-state index in [4.69, 9.17) is 4.74 Å². The van der Waals surface area contributed by atoms with Crippen molar-refractivity contribution in [1.29, 1.82) is 0 Å². The smallest absolute Gasteiger partial charge is 0.338 e. The summed E-state index contributed by atoms with van der Waals surface area (Å²) in [6.45, 7) is 4.88. The average molecular weight is 499 g/mol. The SMILES string of the molecule is Cc1c([C@@H](O)CN2CCC3(CC2)CC(=O)N(c2ccc(S(C)(=O)=O)cc2)C3)ccc2c1COC2=O. The number of piperidine rings is 1. The Hall–Kier alpha value is -2.75. The second-order valence-electron chi connectivity index (χ2n) is 10.1. The summed E-state index contributed by atoms with van der Waals surface area (Å²) >= 11 is 0. The predicted octanol–water partition coefficient (Wildman–Crippen LogP) is 2.62. The standard InChI is InChI=1S/C26H30N2O6S/c1-17-20(7-8-21-22(17)15-34-25(21)31)23(29)14-27-11-9-26(10-12-27)13-24(30)28(16-26)18-3-5-19(6-4-18)35(2,32)33/h3-8,23,29H,9-16H2,1-2H3/t23-/m0/s1. The maximum Gasteiger partial charge on any atom is 0.338 e. The predicted molar refractivity (Wildman–Crippen MR) is 130 cm³/mol. The molecule has 35 heavy (non-hydrogen) atoms. The number of hydrogen-bond donors (Lipinski definition) is 1. The molecular weight excluding hydrogens is 468 g/mol. The van der Waals surface area contributed by atoms with E-state index in [0.29, 0.717) is 25.1 Å². The number of likely N-dealkylation sites (tertiary alicyclic amines) is 1. The number of amides is 1. The van der Waals surface area contributed by atoms with Crippen molar-refractivity contribution in [2.75, 3.05) is 37.3 Å². The van der Waals surface area contributed by atoms with Gasteiger partial charge in [-0.15, -0.1) is 0 Å². The summed E-state index contributed by atoms with van der Waals surface area (Å²) in [6, 6.07) is 10.1. The number of cyclic esters (lactones) is 1. The van der Waals surface area contributed by atoms with Crippen LogP contribution in [0.5, 0.6) is 0 Å². The van der Waals surface area contributed by atoms with Gasteiger partial charge in [-0.2, -0.15) is 0 Å². The maximum atomic E-state index is 12.8. The molecule has 1 spiro atoms. The quantitative estimate of drug-likeness (QED) is 0.632. The van der Waals surface area contributed by atoms with Gasteiger partial charge in [-0.05, 0) is 79.7 Å². The van der Waals surface area contributed by atoms with Gasteiger partial charge >= 0.3 is 5.97 Å². The molecule has 2 saturated heterocycles. The minimum Gasteiger partial charge on any atom is -0.457 e. The molecule has 0 bridgehead atoms. The highest BCUT2D eigenvalue weighted by atomic mass is 32.2. The van der Waals surface area contributed by atoms with Crippen molar-refractivity contribution < 1.29 is 27.9 Å². The fourth-order valence-corrected chi connectivity index (χ4v) is 6.25. The molecule has 1 atom stereocenters. The summed E-state index contributed by atoms with van der Waals surface area (Å²) in [5.74, 6) is -0.243. The summed E-state index contributed by atoms with van der Waals surface area (Å²) in [5, 5.41) is 10.9. The molecule has 3 aliphatic rings. The second kappa shape index (κ2) is 8.72. The Morgan fingerprint density at radius 3 is 2.43 bits per heavy atom. The van der Waals surface area contributed by atoms with Gasteiger partial charge in [-0.25, -0.2) is 13.2 Å². The molecule has 2 fully saturated rings. The molecule has 3 aliphatic heterocycles. The molecule has 5 rings (SSSR count). The second-order valence-corrected chi connectivity index (χ2v) is 12.1. The lowest BCUT2D eigenvalue weighted by Gasteiger charge is -2.39. The lowest BCUT2D eigenvalue weighted by Crippen LogP contribution is -2.43. The van der Waals surface area contributed by atoms with Gasteiger partial charge in [0.15, 0.2) is 9.84 Å². The minimum atomic E-state index is -3.28. The zero-order valence-corrected chi connectivity index (χ0v) is 20.8. The molecule has 3 heterocycles. The number of rotatable bonds is 5. The fraction of sp³-hybridized carbons (Fsp3) is 0.462. The number of aliphatic hydroxyl groups is 1. The van der Waals surface area contributed by atoms with E-state index >= 15 is 0 Å². The number of ether oxygens (including phenoxy) is 1. The van der Waals surface area contributed by atoms with Gasteiger partial charge < -0.3 is 19.6 Å². The molecule has 0 unspecified atom stereocenters. The number of benzene rings is 2. The van der Waals surface area contributed by atoms with Gasteiger partial charge in [-0.3, -0.25) is 4.79 Å². The van der Waals surface area contributed by atoms with Crippen LogP contribution in [0.2, 0.25) is 0 Å². The van der Waals surface area contributed by atoms with Crippen LogP contribution in [0.4, 0.5) is 5.69 Å². The van der Waals surface area contributed by atoms with E-state index in [1.807, 2.05) is 13.0 Å². The number of β-amino-alcohol motifs (C(OH)–C–C–N with tert-alkyl or cyclic N) is 1. The van der Waals surface area contributed by atoms with Crippen molar-refractivity contribution in [3.63, 3.8) is 0 Å². The van der Waals surface area contributed by atoms with E-state index in [1.54, 1.807) is 35.2 Å². The lowest BCUT2D eigenvalue weighted by molar-refractivity contribution is -0.118. The lowest BCUT2D eigenvalue weighted by atomic mass is 9.77. The fourth-order valence-electron chi connectivity index (χ4n) is 5.62. The van der Waals surface area contributed by atoms with Crippen LogP contribution in [-0.4, -0.2) is 62.7 Å². The van der Waals surface area contributed by atoms with Gasteiger partial charge in [0, 0.05) is 37.0 Å². The summed E-state index contributed by atoms with van der Waals surface area (Å²) in [7, 11) is -3.28. The Morgan fingerprint density at radius 2 is 1.77 bits per heavy atom. The van der Waals surface area contributed by atoms with Crippen molar-refractivity contribution in [2.45, 2.75) is 43.8 Å². The third-order valence-electron chi connectivity index (χ3n) is 7.81. The molecule has 0 aromatic heterocycles. The third kappa shape index (κ3) is 4.48. The van der Waals surface area contributed by atoms with Crippen LogP contribution in [-0.2, 0) is 26.0 Å². The van der Waals surface area contributed by atoms with Gasteiger partial charge in [0.25, 0.3) is 0 Å². The van der Waals surface area contributed by atoms with Crippen LogP contribution < -0.4 is 4.90 Å². The Bertz CT molecular complexity index is 1280. The number of fused-ring (bicyclic) bond motifs is 1. The Labute approximate surface area is 205 Å². The maximum absolute atomic E-state index is 12.8. The van der Waals surface area contributed by atoms with Crippen LogP contribution in [0.25, 0.3) is 0 Å². The highest BCUT2D eigenvalue weighted by molar-refractivity contribution is 7.90. The molecule has 0 aliphatic carbocycles. The largest absolute Gasteiger partial charge is 0.457 e. The number of nitrogens with zero attached hydrogens (tertiary/aromatic N) is 2. The van der Waals surface area contributed by atoms with Crippen molar-refractivity contribution >= 4 is 27.4 Å². The third-order valence-corrected chi connectivity index (χ3v) is 8.94. The zero-order valence-electron chi connectivity index (χ0n) is 20.0. The number of sulfone groups is 1. The van der Waals surface area contributed by atoms with Crippen LogP contribution >= 0.6 is 0 Å². The van der Waals surface area contributed by atoms with Crippen LogP contribution in [0.3, 0.4) is 0 Å². The first-order valence-corrected chi connectivity index (χ1v) is 13.8. The van der Waals surface area contributed by atoms with Gasteiger partial charge in [0.2, 0.25) is 5.91 Å². The van der Waals surface area contributed by atoms with E-state index < -0.39 is 15.9 Å². The molecule has 8 nitrogen and oxygen atoms in total. The molecule has 0 saturated carbocycles. The van der Waals surface area contributed by atoms with Crippen molar-refractivity contribution in [3.05, 3.63) is 58.7 Å². The Morgan fingerprint density at radius 1 is 1.09 bits per heavy atom. The Kier molecular flexibility index (Phi) is 5.97. The van der Waals surface area contributed by atoms with E-state index in [0.717, 1.165) is 48.3 Å². The number of carbonyl (C=O) groups excluding carboxylic acids is 2. The highest BCUT2D eigenvalue weighted by Gasteiger charge is 2.45. The van der Waals surface area contributed by atoms with Crippen molar-refractivity contribution in [1.82, 2.24) is 4.90 Å². The van der Waals surface area contributed by atoms with Gasteiger partial charge in [0.1, 0.15) is 6.61 Å². The monoisotopic (exact) mass is 498 g/mol. The van der Waals surface area contributed by atoms with Gasteiger partial charge in [-0.1, -0.05) is 6.07 Å². The first kappa shape index (κ1) is 24.0. The number of esters is 1. The molecule has 2 aromatic rings.